The number of carboxylic acids is 1. The Morgan fingerprint density at radius 1 is 1.41 bits per heavy atom. The number of aliphatic carboxylic acids is 1. The van der Waals surface area contributed by atoms with Gasteiger partial charge in [-0.05, 0) is 12.8 Å². The highest BCUT2D eigenvalue weighted by atomic mass is 16.4. The van der Waals surface area contributed by atoms with E-state index in [-0.39, 0.29) is 18.4 Å². The zero-order chi connectivity index (χ0) is 12.6. The van der Waals surface area contributed by atoms with Crippen LogP contribution in [0.3, 0.4) is 0 Å². The highest BCUT2D eigenvalue weighted by Crippen LogP contribution is 2.29. The molecule has 3 N–H and O–H groups in total. The largest absolute Gasteiger partial charge is 0.480 e. The van der Waals surface area contributed by atoms with Crippen molar-refractivity contribution in [2.24, 2.45) is 0 Å². The first-order chi connectivity index (χ1) is 8.04. The zero-order valence-electron chi connectivity index (χ0n) is 9.13. The Bertz CT molecular complexity index is 370. The zero-order valence-corrected chi connectivity index (χ0v) is 9.13. The summed E-state index contributed by atoms with van der Waals surface area (Å²) < 4.78 is 0. The molecule has 0 aromatic rings. The summed E-state index contributed by atoms with van der Waals surface area (Å²) in [7, 11) is 0. The third-order valence-corrected chi connectivity index (χ3v) is 3.28. The van der Waals surface area contributed by atoms with E-state index in [0.29, 0.717) is 12.8 Å². The SMILES string of the molecule is O=C1C[C@H]2CC[C@@H](C(=O)O)N2C(=O)[C@H](CO)N1. The molecule has 0 aromatic heterocycles. The van der Waals surface area contributed by atoms with Crippen LogP contribution in [0.15, 0.2) is 0 Å². The Labute approximate surface area is 97.4 Å². The number of amides is 2. The second-order valence-electron chi connectivity index (χ2n) is 4.34. The summed E-state index contributed by atoms with van der Waals surface area (Å²) in [5, 5.41) is 20.5. The van der Waals surface area contributed by atoms with Crippen LogP contribution < -0.4 is 5.32 Å². The Balaban J connectivity index is 2.29. The van der Waals surface area contributed by atoms with Gasteiger partial charge < -0.3 is 20.4 Å². The molecule has 2 rings (SSSR count). The maximum Gasteiger partial charge on any atom is 0.326 e. The Morgan fingerprint density at radius 3 is 2.71 bits per heavy atom. The lowest BCUT2D eigenvalue weighted by molar-refractivity contribution is -0.150. The van der Waals surface area contributed by atoms with E-state index in [4.69, 9.17) is 10.2 Å². The highest BCUT2D eigenvalue weighted by Gasteiger charge is 2.45. The van der Waals surface area contributed by atoms with Crippen LogP contribution in [0, 0.1) is 0 Å². The van der Waals surface area contributed by atoms with Crippen molar-refractivity contribution < 1.29 is 24.6 Å². The number of hydrogen-bond acceptors (Lipinski definition) is 4. The van der Waals surface area contributed by atoms with Gasteiger partial charge in [0.05, 0.1) is 6.61 Å². The van der Waals surface area contributed by atoms with Gasteiger partial charge in [0.2, 0.25) is 11.8 Å². The maximum atomic E-state index is 12.0. The quantitative estimate of drug-likeness (QED) is 0.535. The van der Waals surface area contributed by atoms with Crippen LogP contribution in [0.4, 0.5) is 0 Å². The van der Waals surface area contributed by atoms with Gasteiger partial charge in [-0.1, -0.05) is 0 Å². The van der Waals surface area contributed by atoms with E-state index in [9.17, 15) is 14.4 Å². The van der Waals surface area contributed by atoms with Gasteiger partial charge in [0, 0.05) is 12.5 Å². The molecule has 0 aromatic carbocycles. The van der Waals surface area contributed by atoms with Crippen molar-refractivity contribution in [3.8, 4) is 0 Å². The number of fused-ring (bicyclic) bond motifs is 1. The number of aliphatic hydroxyl groups excluding tert-OH is 1. The van der Waals surface area contributed by atoms with Crippen molar-refractivity contribution in [3.05, 3.63) is 0 Å². The summed E-state index contributed by atoms with van der Waals surface area (Å²) in [6.45, 7) is -0.514. The smallest absolute Gasteiger partial charge is 0.326 e. The summed E-state index contributed by atoms with van der Waals surface area (Å²) in [6, 6.07) is -2.26. The summed E-state index contributed by atoms with van der Waals surface area (Å²) in [5.41, 5.74) is 0. The van der Waals surface area contributed by atoms with Crippen LogP contribution in [0.2, 0.25) is 0 Å². The molecule has 17 heavy (non-hydrogen) atoms. The second-order valence-corrected chi connectivity index (χ2v) is 4.34. The van der Waals surface area contributed by atoms with Gasteiger partial charge in [0.1, 0.15) is 12.1 Å². The van der Waals surface area contributed by atoms with Crippen LogP contribution in [-0.2, 0) is 14.4 Å². The predicted molar refractivity (Wildman–Crippen MR) is 54.9 cm³/mol. The molecule has 0 spiro atoms. The van der Waals surface area contributed by atoms with Crippen molar-refractivity contribution in [1.82, 2.24) is 10.2 Å². The van der Waals surface area contributed by atoms with Crippen molar-refractivity contribution >= 4 is 17.8 Å². The maximum absolute atomic E-state index is 12.0. The van der Waals surface area contributed by atoms with Gasteiger partial charge in [-0.2, -0.15) is 0 Å². The van der Waals surface area contributed by atoms with E-state index in [2.05, 4.69) is 5.32 Å². The molecule has 2 amide bonds. The van der Waals surface area contributed by atoms with E-state index >= 15 is 0 Å². The number of hydrogen-bond donors (Lipinski definition) is 3. The number of rotatable bonds is 2. The molecule has 3 atom stereocenters. The monoisotopic (exact) mass is 242 g/mol. The molecule has 2 heterocycles. The minimum Gasteiger partial charge on any atom is -0.480 e. The number of nitrogens with zero attached hydrogens (tertiary/aromatic N) is 1. The van der Waals surface area contributed by atoms with Gasteiger partial charge in [-0.25, -0.2) is 4.79 Å². The van der Waals surface area contributed by atoms with Crippen molar-refractivity contribution in [2.75, 3.05) is 6.61 Å². The first-order valence-electron chi connectivity index (χ1n) is 5.49. The molecule has 0 saturated carbocycles. The third-order valence-electron chi connectivity index (χ3n) is 3.28. The molecule has 2 aliphatic heterocycles. The van der Waals surface area contributed by atoms with Crippen LogP contribution in [0.5, 0.6) is 0 Å². The average molecular weight is 242 g/mol. The first kappa shape index (κ1) is 11.8. The first-order valence-corrected chi connectivity index (χ1v) is 5.49. The van der Waals surface area contributed by atoms with E-state index in [1.165, 1.54) is 4.90 Å². The third kappa shape index (κ3) is 1.97. The van der Waals surface area contributed by atoms with Gasteiger partial charge in [0.25, 0.3) is 0 Å². The molecule has 0 aliphatic carbocycles. The molecule has 7 nitrogen and oxygen atoms in total. The van der Waals surface area contributed by atoms with E-state index in [1.807, 2.05) is 0 Å². The summed E-state index contributed by atoms with van der Waals surface area (Å²) in [5.74, 6) is -1.89. The number of nitrogens with one attached hydrogen (secondary N) is 1. The number of carbonyl (C=O) groups is 3. The summed E-state index contributed by atoms with van der Waals surface area (Å²) in [4.78, 5) is 35.7. The topological polar surface area (TPSA) is 107 Å². The summed E-state index contributed by atoms with van der Waals surface area (Å²) >= 11 is 0. The number of aliphatic hydroxyl groups is 1. The molecule has 7 heteroatoms. The fraction of sp³-hybridized carbons (Fsp3) is 0.700. The number of carbonyl (C=O) groups excluding carboxylic acids is 2. The molecule has 0 radical (unpaired) electrons. The van der Waals surface area contributed by atoms with Crippen LogP contribution in [0.1, 0.15) is 19.3 Å². The van der Waals surface area contributed by atoms with Gasteiger partial charge in [-0.15, -0.1) is 0 Å². The fourth-order valence-electron chi connectivity index (χ4n) is 2.49. The Kier molecular flexibility index (Phi) is 3.01. The lowest BCUT2D eigenvalue weighted by Gasteiger charge is -2.27. The number of carboxylic acid groups (broad SMARTS) is 1. The molecule has 94 valence electrons. The van der Waals surface area contributed by atoms with E-state index in [0.717, 1.165) is 0 Å². The van der Waals surface area contributed by atoms with Crippen LogP contribution in [0.25, 0.3) is 0 Å². The normalized spacial score (nSPS) is 33.0. The minimum atomic E-state index is -1.06. The van der Waals surface area contributed by atoms with Gasteiger partial charge in [0.15, 0.2) is 0 Å². The molecule has 2 aliphatic rings. The molecule has 0 bridgehead atoms. The van der Waals surface area contributed by atoms with Crippen LogP contribution >= 0.6 is 0 Å². The summed E-state index contributed by atoms with van der Waals surface area (Å²) in [6.07, 6.45) is 0.970. The predicted octanol–water partition coefficient (Wildman–Crippen LogP) is -1.69. The molecule has 0 unspecified atom stereocenters. The second kappa shape index (κ2) is 4.33. The van der Waals surface area contributed by atoms with E-state index < -0.39 is 30.6 Å². The Morgan fingerprint density at radius 2 is 2.12 bits per heavy atom. The molecular formula is C10H14N2O5. The van der Waals surface area contributed by atoms with Gasteiger partial charge in [-0.3, -0.25) is 9.59 Å². The van der Waals surface area contributed by atoms with Gasteiger partial charge >= 0.3 is 5.97 Å². The Hall–Kier alpha value is -1.63. The lowest BCUT2D eigenvalue weighted by Crippen LogP contribution is -2.51. The van der Waals surface area contributed by atoms with Crippen molar-refractivity contribution in [1.29, 1.82) is 0 Å². The molecular weight excluding hydrogens is 228 g/mol. The minimum absolute atomic E-state index is 0.103. The standard InChI is InChI=1S/C10H14N2O5/c13-4-6-9(15)12-5(3-8(14)11-6)1-2-7(12)10(16)17/h5-7,13H,1-4H2,(H,11,14)(H,16,17)/t5-,6+,7+/m1/s1. The molecule has 2 saturated heterocycles. The van der Waals surface area contributed by atoms with Crippen LogP contribution in [-0.4, -0.2) is 57.6 Å². The van der Waals surface area contributed by atoms with Crippen molar-refractivity contribution in [3.63, 3.8) is 0 Å². The highest BCUT2D eigenvalue weighted by molar-refractivity contribution is 5.93. The molecule has 2 fully saturated rings. The lowest BCUT2D eigenvalue weighted by atomic mass is 10.1. The average Bonchev–Trinajstić information content (AvgIpc) is 2.63. The van der Waals surface area contributed by atoms with E-state index in [1.54, 1.807) is 0 Å². The fourth-order valence-corrected chi connectivity index (χ4v) is 2.49. The van der Waals surface area contributed by atoms with Crippen molar-refractivity contribution in [2.45, 2.75) is 37.4 Å².